The van der Waals surface area contributed by atoms with E-state index in [4.69, 9.17) is 0 Å². The van der Waals surface area contributed by atoms with Crippen LogP contribution in [0.15, 0.2) is 0 Å². The standard InChI is InChI=1S/C8H16N2.C2H6/c1-3-9-6-8-2-4-10-5-7(1)8;1-2/h7-10H,1-6H2;1-2H3. The van der Waals surface area contributed by atoms with Crippen molar-refractivity contribution in [3.63, 3.8) is 0 Å². The molecule has 0 radical (unpaired) electrons. The van der Waals surface area contributed by atoms with E-state index < -0.39 is 0 Å². The molecule has 0 aromatic heterocycles. The molecule has 0 aliphatic carbocycles. The van der Waals surface area contributed by atoms with Crippen LogP contribution in [0.2, 0.25) is 0 Å². The minimum absolute atomic E-state index is 0.981. The van der Waals surface area contributed by atoms with Gasteiger partial charge in [0.1, 0.15) is 0 Å². The summed E-state index contributed by atoms with van der Waals surface area (Å²) in [6.07, 6.45) is 2.77. The second-order valence-electron chi connectivity index (χ2n) is 3.51. The SMILES string of the molecule is C1CC2CNCCC2CN1.CC. The predicted molar refractivity (Wildman–Crippen MR) is 53.3 cm³/mol. The maximum absolute atomic E-state index is 3.46. The fourth-order valence-corrected chi connectivity index (χ4v) is 2.16. The van der Waals surface area contributed by atoms with E-state index in [1.807, 2.05) is 13.8 Å². The average Bonchev–Trinajstić information content (AvgIpc) is 2.21. The molecule has 0 amide bonds. The van der Waals surface area contributed by atoms with Crippen molar-refractivity contribution in [1.29, 1.82) is 0 Å². The Labute approximate surface area is 76.1 Å². The highest BCUT2D eigenvalue weighted by Gasteiger charge is 2.26. The van der Waals surface area contributed by atoms with Gasteiger partial charge in [-0.1, -0.05) is 13.8 Å². The van der Waals surface area contributed by atoms with Gasteiger partial charge < -0.3 is 10.6 Å². The number of fused-ring (bicyclic) bond motifs is 1. The molecule has 2 rings (SSSR count). The number of piperidine rings is 2. The van der Waals surface area contributed by atoms with Crippen molar-refractivity contribution in [2.24, 2.45) is 11.8 Å². The molecule has 2 saturated heterocycles. The van der Waals surface area contributed by atoms with E-state index in [1.54, 1.807) is 0 Å². The van der Waals surface area contributed by atoms with Gasteiger partial charge in [0.15, 0.2) is 0 Å². The molecular formula is C10H22N2. The van der Waals surface area contributed by atoms with Crippen LogP contribution in [0.25, 0.3) is 0 Å². The Hall–Kier alpha value is -0.0800. The molecule has 2 heteroatoms. The van der Waals surface area contributed by atoms with Crippen molar-refractivity contribution >= 4 is 0 Å². The van der Waals surface area contributed by atoms with Crippen molar-refractivity contribution in [2.75, 3.05) is 26.2 Å². The monoisotopic (exact) mass is 170 g/mol. The summed E-state index contributed by atoms with van der Waals surface area (Å²) in [5, 5.41) is 6.91. The van der Waals surface area contributed by atoms with Gasteiger partial charge in [0.05, 0.1) is 0 Å². The lowest BCUT2D eigenvalue weighted by Gasteiger charge is -2.36. The van der Waals surface area contributed by atoms with Crippen LogP contribution in [-0.2, 0) is 0 Å². The molecule has 2 fully saturated rings. The van der Waals surface area contributed by atoms with Gasteiger partial charge in [-0.15, -0.1) is 0 Å². The van der Waals surface area contributed by atoms with E-state index in [9.17, 15) is 0 Å². The Morgan fingerprint density at radius 2 is 1.25 bits per heavy atom. The summed E-state index contributed by atoms with van der Waals surface area (Å²) in [5.41, 5.74) is 0. The van der Waals surface area contributed by atoms with Crippen LogP contribution in [0.4, 0.5) is 0 Å². The zero-order chi connectivity index (χ0) is 8.81. The first-order chi connectivity index (χ1) is 5.97. The highest BCUT2D eigenvalue weighted by Crippen LogP contribution is 2.23. The lowest BCUT2D eigenvalue weighted by Crippen LogP contribution is -2.46. The molecule has 2 aliphatic rings. The Morgan fingerprint density at radius 3 is 1.67 bits per heavy atom. The number of hydrogen-bond acceptors (Lipinski definition) is 2. The molecule has 0 spiro atoms. The summed E-state index contributed by atoms with van der Waals surface area (Å²) in [7, 11) is 0. The van der Waals surface area contributed by atoms with Crippen LogP contribution < -0.4 is 10.6 Å². The van der Waals surface area contributed by atoms with Crippen molar-refractivity contribution < 1.29 is 0 Å². The molecule has 2 heterocycles. The normalized spacial score (nSPS) is 34.5. The summed E-state index contributed by atoms with van der Waals surface area (Å²) in [6, 6.07) is 0. The first-order valence-electron chi connectivity index (χ1n) is 5.38. The molecule has 2 N–H and O–H groups in total. The van der Waals surface area contributed by atoms with Crippen LogP contribution >= 0.6 is 0 Å². The zero-order valence-electron chi connectivity index (χ0n) is 8.40. The molecule has 2 nitrogen and oxygen atoms in total. The number of nitrogens with one attached hydrogen (secondary N) is 2. The Kier molecular flexibility index (Phi) is 4.62. The summed E-state index contributed by atoms with van der Waals surface area (Å²) in [6.45, 7) is 9.02. The minimum atomic E-state index is 0.981. The van der Waals surface area contributed by atoms with Crippen LogP contribution in [0.3, 0.4) is 0 Å². The van der Waals surface area contributed by atoms with Gasteiger partial charge in [0.25, 0.3) is 0 Å². The Morgan fingerprint density at radius 1 is 0.833 bits per heavy atom. The molecule has 0 aromatic carbocycles. The summed E-state index contributed by atoms with van der Waals surface area (Å²) in [4.78, 5) is 0. The summed E-state index contributed by atoms with van der Waals surface area (Å²) >= 11 is 0. The molecular weight excluding hydrogens is 148 g/mol. The molecule has 2 aliphatic heterocycles. The Balaban J connectivity index is 0.000000336. The van der Waals surface area contributed by atoms with Crippen LogP contribution in [-0.4, -0.2) is 26.2 Å². The number of hydrogen-bond donors (Lipinski definition) is 2. The molecule has 2 unspecified atom stereocenters. The quantitative estimate of drug-likeness (QED) is 0.571. The third-order valence-electron chi connectivity index (χ3n) is 2.86. The van der Waals surface area contributed by atoms with E-state index in [0.717, 1.165) is 11.8 Å². The van der Waals surface area contributed by atoms with E-state index in [2.05, 4.69) is 10.6 Å². The highest BCUT2D eigenvalue weighted by molar-refractivity contribution is 4.83. The fraction of sp³-hybridized carbons (Fsp3) is 1.00. The molecule has 0 bridgehead atoms. The van der Waals surface area contributed by atoms with Gasteiger partial charge in [0, 0.05) is 0 Å². The molecule has 0 aromatic rings. The first kappa shape index (κ1) is 10.0. The van der Waals surface area contributed by atoms with E-state index in [-0.39, 0.29) is 0 Å². The maximum Gasteiger partial charge on any atom is -0.00169 e. The largest absolute Gasteiger partial charge is 0.316 e. The average molecular weight is 170 g/mol. The lowest BCUT2D eigenvalue weighted by atomic mass is 9.82. The summed E-state index contributed by atoms with van der Waals surface area (Å²) in [5.74, 6) is 1.96. The van der Waals surface area contributed by atoms with E-state index in [1.165, 1.54) is 39.0 Å². The van der Waals surface area contributed by atoms with Gasteiger partial charge in [0.2, 0.25) is 0 Å². The minimum Gasteiger partial charge on any atom is -0.316 e. The molecule has 2 atom stereocenters. The smallest absolute Gasteiger partial charge is 0.00169 e. The maximum atomic E-state index is 3.46. The van der Waals surface area contributed by atoms with Gasteiger partial charge in [-0.25, -0.2) is 0 Å². The second kappa shape index (κ2) is 5.55. The van der Waals surface area contributed by atoms with Crippen LogP contribution in [0.1, 0.15) is 26.7 Å². The Bertz CT molecular complexity index is 88.4. The van der Waals surface area contributed by atoms with Gasteiger partial charge in [-0.3, -0.25) is 0 Å². The van der Waals surface area contributed by atoms with E-state index >= 15 is 0 Å². The second-order valence-corrected chi connectivity index (χ2v) is 3.51. The lowest BCUT2D eigenvalue weighted by molar-refractivity contribution is 0.200. The van der Waals surface area contributed by atoms with Crippen molar-refractivity contribution in [1.82, 2.24) is 10.6 Å². The van der Waals surface area contributed by atoms with Crippen LogP contribution in [0, 0.1) is 11.8 Å². The topological polar surface area (TPSA) is 24.1 Å². The van der Waals surface area contributed by atoms with Crippen LogP contribution in [0.5, 0.6) is 0 Å². The summed E-state index contributed by atoms with van der Waals surface area (Å²) < 4.78 is 0. The van der Waals surface area contributed by atoms with Crippen molar-refractivity contribution in [3.05, 3.63) is 0 Å². The first-order valence-corrected chi connectivity index (χ1v) is 5.38. The van der Waals surface area contributed by atoms with E-state index in [0.29, 0.717) is 0 Å². The van der Waals surface area contributed by atoms with Crippen molar-refractivity contribution in [3.8, 4) is 0 Å². The molecule has 12 heavy (non-hydrogen) atoms. The highest BCUT2D eigenvalue weighted by atomic mass is 14.9. The fourth-order valence-electron chi connectivity index (χ4n) is 2.16. The zero-order valence-corrected chi connectivity index (χ0v) is 8.40. The third-order valence-corrected chi connectivity index (χ3v) is 2.86. The van der Waals surface area contributed by atoms with Gasteiger partial charge >= 0.3 is 0 Å². The predicted octanol–water partition coefficient (Wildman–Crippen LogP) is 1.23. The third kappa shape index (κ3) is 2.46. The molecule has 0 saturated carbocycles. The van der Waals surface area contributed by atoms with Gasteiger partial charge in [-0.2, -0.15) is 0 Å². The van der Waals surface area contributed by atoms with Gasteiger partial charge in [-0.05, 0) is 50.9 Å². The molecule has 72 valence electrons. The number of rotatable bonds is 0. The van der Waals surface area contributed by atoms with Crippen molar-refractivity contribution in [2.45, 2.75) is 26.7 Å².